The Morgan fingerprint density at radius 2 is 2.16 bits per heavy atom. The summed E-state index contributed by atoms with van der Waals surface area (Å²) >= 11 is 0. The summed E-state index contributed by atoms with van der Waals surface area (Å²) in [6, 6.07) is 7.15. The summed E-state index contributed by atoms with van der Waals surface area (Å²) in [6.07, 6.45) is 0.385. The normalized spacial score (nSPS) is 10.1. The second-order valence-electron chi connectivity index (χ2n) is 4.44. The molecular formula is C13H18N4O2. The fraction of sp³-hybridized carbons (Fsp3) is 0.462. The molecule has 0 bridgehead atoms. The zero-order valence-electron chi connectivity index (χ0n) is 11.4. The van der Waals surface area contributed by atoms with Crippen molar-refractivity contribution < 1.29 is 4.92 Å². The molecule has 0 saturated carbocycles. The van der Waals surface area contributed by atoms with Gasteiger partial charge in [-0.2, -0.15) is 5.26 Å². The van der Waals surface area contributed by atoms with Crippen LogP contribution in [0.2, 0.25) is 0 Å². The fourth-order valence-corrected chi connectivity index (χ4v) is 1.87. The first-order chi connectivity index (χ1) is 8.99. The van der Waals surface area contributed by atoms with Gasteiger partial charge in [0, 0.05) is 43.1 Å². The Labute approximate surface area is 112 Å². The number of nitriles is 1. The van der Waals surface area contributed by atoms with Crippen LogP contribution < -0.4 is 10.2 Å². The molecule has 1 aromatic carbocycles. The predicted molar refractivity (Wildman–Crippen MR) is 75.4 cm³/mol. The van der Waals surface area contributed by atoms with E-state index in [-0.39, 0.29) is 11.7 Å². The molecule has 0 unspecified atom stereocenters. The molecule has 0 aromatic heterocycles. The van der Waals surface area contributed by atoms with Crippen LogP contribution in [0, 0.1) is 21.4 Å². The van der Waals surface area contributed by atoms with Gasteiger partial charge in [-0.1, -0.05) is 0 Å². The molecule has 6 heteroatoms. The minimum absolute atomic E-state index is 0.0458. The average Bonchev–Trinajstić information content (AvgIpc) is 2.38. The first-order valence-corrected chi connectivity index (χ1v) is 6.10. The summed E-state index contributed by atoms with van der Waals surface area (Å²) in [4.78, 5) is 12.5. The van der Waals surface area contributed by atoms with E-state index in [4.69, 9.17) is 5.26 Å². The molecule has 1 N–H and O–H groups in total. The van der Waals surface area contributed by atoms with E-state index in [9.17, 15) is 10.1 Å². The van der Waals surface area contributed by atoms with Crippen molar-refractivity contribution in [2.75, 3.05) is 23.8 Å². The number of nitro benzene ring substituents is 1. The number of nitrogens with zero attached hydrogens (tertiary/aromatic N) is 3. The van der Waals surface area contributed by atoms with Gasteiger partial charge in [0.15, 0.2) is 0 Å². The molecule has 0 atom stereocenters. The van der Waals surface area contributed by atoms with Crippen molar-refractivity contribution in [2.45, 2.75) is 26.3 Å². The Bertz CT molecular complexity index is 494. The maximum Gasteiger partial charge on any atom is 0.273 e. The summed E-state index contributed by atoms with van der Waals surface area (Å²) in [6.45, 7) is 4.54. The Kier molecular flexibility index (Phi) is 5.12. The highest BCUT2D eigenvalue weighted by molar-refractivity contribution is 5.64. The Morgan fingerprint density at radius 1 is 1.47 bits per heavy atom. The average molecular weight is 262 g/mol. The van der Waals surface area contributed by atoms with Crippen LogP contribution in [-0.4, -0.2) is 24.6 Å². The second kappa shape index (κ2) is 6.59. The lowest BCUT2D eigenvalue weighted by Crippen LogP contribution is -2.31. The van der Waals surface area contributed by atoms with Gasteiger partial charge in [-0.15, -0.1) is 0 Å². The van der Waals surface area contributed by atoms with Crippen molar-refractivity contribution in [3.8, 4) is 6.07 Å². The highest BCUT2D eigenvalue weighted by Crippen LogP contribution is 2.28. The van der Waals surface area contributed by atoms with Crippen LogP contribution in [0.1, 0.15) is 20.3 Å². The van der Waals surface area contributed by atoms with E-state index in [1.807, 2.05) is 24.8 Å². The van der Waals surface area contributed by atoms with Gasteiger partial charge in [-0.25, -0.2) is 0 Å². The highest BCUT2D eigenvalue weighted by Gasteiger charge is 2.16. The molecule has 6 nitrogen and oxygen atoms in total. The number of hydrogen-bond acceptors (Lipinski definition) is 5. The Hall–Kier alpha value is -2.29. The molecular weight excluding hydrogens is 244 g/mol. The van der Waals surface area contributed by atoms with Crippen LogP contribution in [0.15, 0.2) is 18.2 Å². The van der Waals surface area contributed by atoms with E-state index in [0.717, 1.165) is 5.69 Å². The Morgan fingerprint density at radius 3 is 2.63 bits per heavy atom. The van der Waals surface area contributed by atoms with E-state index >= 15 is 0 Å². The third-order valence-electron chi connectivity index (χ3n) is 2.82. The van der Waals surface area contributed by atoms with E-state index < -0.39 is 4.92 Å². The summed E-state index contributed by atoms with van der Waals surface area (Å²) in [5, 5.41) is 22.5. The zero-order valence-corrected chi connectivity index (χ0v) is 11.4. The molecule has 0 spiro atoms. The van der Waals surface area contributed by atoms with Gasteiger partial charge < -0.3 is 10.2 Å². The van der Waals surface area contributed by atoms with Gasteiger partial charge >= 0.3 is 0 Å². The molecule has 0 aliphatic rings. The molecule has 102 valence electrons. The molecule has 1 rings (SSSR count). The van der Waals surface area contributed by atoms with Crippen LogP contribution in [-0.2, 0) is 0 Å². The molecule has 0 heterocycles. The highest BCUT2D eigenvalue weighted by atomic mass is 16.6. The molecule has 1 aromatic rings. The van der Waals surface area contributed by atoms with Crippen LogP contribution in [0.3, 0.4) is 0 Å². The largest absolute Gasteiger partial charge is 0.388 e. The van der Waals surface area contributed by atoms with Crippen molar-refractivity contribution in [3.63, 3.8) is 0 Å². The third-order valence-corrected chi connectivity index (χ3v) is 2.82. The fourth-order valence-electron chi connectivity index (χ4n) is 1.87. The first-order valence-electron chi connectivity index (χ1n) is 6.10. The standard InChI is InChI=1S/C13H18N4O2/c1-10(2)16(6-4-5-14)12-7-11(15-3)8-13(9-12)17(18)19/h7-10,15H,4,6H2,1-3H3. The van der Waals surface area contributed by atoms with E-state index in [2.05, 4.69) is 11.4 Å². The smallest absolute Gasteiger partial charge is 0.273 e. The molecule has 19 heavy (non-hydrogen) atoms. The van der Waals surface area contributed by atoms with Crippen molar-refractivity contribution >= 4 is 17.1 Å². The lowest BCUT2D eigenvalue weighted by molar-refractivity contribution is -0.384. The minimum Gasteiger partial charge on any atom is -0.388 e. The molecule has 0 aliphatic heterocycles. The van der Waals surface area contributed by atoms with Gasteiger partial charge in [0.2, 0.25) is 0 Å². The monoisotopic (exact) mass is 262 g/mol. The molecule has 0 radical (unpaired) electrons. The minimum atomic E-state index is -0.410. The van der Waals surface area contributed by atoms with Crippen molar-refractivity contribution in [3.05, 3.63) is 28.3 Å². The first kappa shape index (κ1) is 14.8. The lowest BCUT2D eigenvalue weighted by atomic mass is 10.2. The second-order valence-corrected chi connectivity index (χ2v) is 4.44. The molecule has 0 saturated heterocycles. The van der Waals surface area contributed by atoms with E-state index in [1.54, 1.807) is 7.05 Å². The maximum atomic E-state index is 10.9. The van der Waals surface area contributed by atoms with Crippen LogP contribution in [0.5, 0.6) is 0 Å². The van der Waals surface area contributed by atoms with Gasteiger partial charge in [0.1, 0.15) is 0 Å². The maximum absolute atomic E-state index is 10.9. The van der Waals surface area contributed by atoms with Crippen molar-refractivity contribution in [2.24, 2.45) is 0 Å². The van der Waals surface area contributed by atoms with Gasteiger partial charge in [-0.05, 0) is 19.9 Å². The lowest BCUT2D eigenvalue weighted by Gasteiger charge is -2.28. The number of anilines is 2. The van der Waals surface area contributed by atoms with Gasteiger partial charge in [0.05, 0.1) is 17.4 Å². The van der Waals surface area contributed by atoms with E-state index in [1.165, 1.54) is 12.1 Å². The number of non-ortho nitro benzene ring substituents is 1. The van der Waals surface area contributed by atoms with Crippen LogP contribution >= 0.6 is 0 Å². The zero-order chi connectivity index (χ0) is 14.4. The summed E-state index contributed by atoms with van der Waals surface area (Å²) in [5.41, 5.74) is 1.49. The molecule has 0 amide bonds. The Balaban J connectivity index is 3.18. The SMILES string of the molecule is CNc1cc(N(CCC#N)C(C)C)cc([N+](=O)[O-])c1. The molecule has 0 aliphatic carbocycles. The number of hydrogen-bond donors (Lipinski definition) is 1. The topological polar surface area (TPSA) is 82.2 Å². The van der Waals surface area contributed by atoms with Gasteiger partial charge in [0.25, 0.3) is 5.69 Å². The van der Waals surface area contributed by atoms with Crippen LogP contribution in [0.25, 0.3) is 0 Å². The summed E-state index contributed by atoms with van der Waals surface area (Å²) in [5.74, 6) is 0. The van der Waals surface area contributed by atoms with Gasteiger partial charge in [-0.3, -0.25) is 10.1 Å². The number of nitrogens with one attached hydrogen (secondary N) is 1. The van der Waals surface area contributed by atoms with E-state index in [0.29, 0.717) is 18.7 Å². The van der Waals surface area contributed by atoms with Crippen LogP contribution in [0.4, 0.5) is 17.1 Å². The van der Waals surface area contributed by atoms with Crippen molar-refractivity contribution in [1.82, 2.24) is 0 Å². The number of rotatable bonds is 6. The van der Waals surface area contributed by atoms with Crippen molar-refractivity contribution in [1.29, 1.82) is 5.26 Å². The summed E-state index contributed by atoms with van der Waals surface area (Å²) in [7, 11) is 1.72. The predicted octanol–water partition coefficient (Wildman–Crippen LogP) is 2.76. The third kappa shape index (κ3) is 3.85. The number of nitro groups is 1. The number of benzene rings is 1. The quantitative estimate of drug-likeness (QED) is 0.629. The summed E-state index contributed by atoms with van der Waals surface area (Å²) < 4.78 is 0. The molecule has 0 fully saturated rings.